The number of piperidine rings is 1. The highest BCUT2D eigenvalue weighted by Gasteiger charge is 2.15. The Morgan fingerprint density at radius 1 is 1.04 bits per heavy atom. The molecule has 2 aromatic carbocycles. The van der Waals surface area contributed by atoms with E-state index in [0.29, 0.717) is 12.3 Å². The van der Waals surface area contributed by atoms with Crippen LogP contribution in [0.5, 0.6) is 5.75 Å². The number of nitrogens with one attached hydrogen (secondary N) is 2. The first-order chi connectivity index (χ1) is 12.7. The van der Waals surface area contributed by atoms with E-state index in [4.69, 9.17) is 4.74 Å². The first-order valence-electron chi connectivity index (χ1n) is 9.26. The summed E-state index contributed by atoms with van der Waals surface area (Å²) < 4.78 is 18.4. The standard InChI is InChI=1S/C21H25FN2O2/c22-19-9-6-10-20(13-19)26-16-21(25)23-14-17-7-2-3-8-18(17)15-24-11-4-1-5-12-24/h2-3,6-10,13H,1,4-5,11-12,14-16H2,(H,23,25)/p+1. The monoisotopic (exact) mass is 357 g/mol. The van der Waals surface area contributed by atoms with Crippen molar-refractivity contribution in [3.8, 4) is 5.75 Å². The molecule has 0 aromatic heterocycles. The quantitative estimate of drug-likeness (QED) is 0.797. The van der Waals surface area contributed by atoms with Gasteiger partial charge in [0.15, 0.2) is 6.61 Å². The Morgan fingerprint density at radius 2 is 1.81 bits per heavy atom. The highest BCUT2D eigenvalue weighted by molar-refractivity contribution is 5.77. The largest absolute Gasteiger partial charge is 0.484 e. The number of carbonyl (C=O) groups excluding carboxylic acids is 1. The lowest BCUT2D eigenvalue weighted by Gasteiger charge is -2.24. The van der Waals surface area contributed by atoms with Gasteiger partial charge in [-0.3, -0.25) is 4.79 Å². The predicted molar refractivity (Wildman–Crippen MR) is 98.4 cm³/mol. The van der Waals surface area contributed by atoms with Crippen LogP contribution in [0.15, 0.2) is 48.5 Å². The molecule has 1 amide bonds. The highest BCUT2D eigenvalue weighted by atomic mass is 19.1. The van der Waals surface area contributed by atoms with E-state index >= 15 is 0 Å². The number of quaternary nitrogens is 1. The van der Waals surface area contributed by atoms with Gasteiger partial charge in [-0.15, -0.1) is 0 Å². The highest BCUT2D eigenvalue weighted by Crippen LogP contribution is 2.12. The third-order valence-corrected chi connectivity index (χ3v) is 4.76. The molecule has 1 heterocycles. The molecule has 2 aromatic rings. The second-order valence-electron chi connectivity index (χ2n) is 6.78. The van der Waals surface area contributed by atoms with Gasteiger partial charge in [0, 0.05) is 18.2 Å². The number of amides is 1. The molecule has 1 aliphatic rings. The summed E-state index contributed by atoms with van der Waals surface area (Å²) in [6, 6.07) is 14.1. The summed E-state index contributed by atoms with van der Waals surface area (Å²) in [5.41, 5.74) is 2.43. The van der Waals surface area contributed by atoms with Crippen LogP contribution in [0.2, 0.25) is 0 Å². The average Bonchev–Trinajstić information content (AvgIpc) is 2.66. The van der Waals surface area contributed by atoms with Gasteiger partial charge in [-0.1, -0.05) is 30.3 Å². The molecule has 26 heavy (non-hydrogen) atoms. The lowest BCUT2D eigenvalue weighted by atomic mass is 10.0. The number of rotatable bonds is 7. The molecule has 4 nitrogen and oxygen atoms in total. The van der Waals surface area contributed by atoms with Gasteiger partial charge in [-0.25, -0.2) is 4.39 Å². The second-order valence-corrected chi connectivity index (χ2v) is 6.78. The van der Waals surface area contributed by atoms with Crippen LogP contribution < -0.4 is 15.0 Å². The fourth-order valence-corrected chi connectivity index (χ4v) is 3.35. The van der Waals surface area contributed by atoms with E-state index in [1.165, 1.54) is 50.0 Å². The van der Waals surface area contributed by atoms with E-state index in [9.17, 15) is 9.18 Å². The first kappa shape index (κ1) is 18.4. The number of hydrogen-bond donors (Lipinski definition) is 2. The van der Waals surface area contributed by atoms with E-state index in [1.807, 2.05) is 6.07 Å². The zero-order valence-electron chi connectivity index (χ0n) is 15.0. The third-order valence-electron chi connectivity index (χ3n) is 4.76. The Labute approximate surface area is 154 Å². The summed E-state index contributed by atoms with van der Waals surface area (Å²) in [4.78, 5) is 13.7. The van der Waals surface area contributed by atoms with Crippen LogP contribution >= 0.6 is 0 Å². The van der Waals surface area contributed by atoms with Crippen molar-refractivity contribution < 1.29 is 18.8 Å². The molecule has 0 bridgehead atoms. The molecular weight excluding hydrogens is 331 g/mol. The SMILES string of the molecule is O=C(COc1cccc(F)c1)NCc1ccccc1C[NH+]1CCCCC1. The normalized spacial score (nSPS) is 14.8. The minimum Gasteiger partial charge on any atom is -0.484 e. The Bertz CT molecular complexity index is 729. The van der Waals surface area contributed by atoms with Crippen LogP contribution in [0.3, 0.4) is 0 Å². The lowest BCUT2D eigenvalue weighted by Crippen LogP contribution is -3.11. The topological polar surface area (TPSA) is 42.8 Å². The fourth-order valence-electron chi connectivity index (χ4n) is 3.35. The summed E-state index contributed by atoms with van der Waals surface area (Å²) in [7, 11) is 0. The minimum atomic E-state index is -0.378. The van der Waals surface area contributed by atoms with Gasteiger partial charge in [-0.05, 0) is 37.0 Å². The van der Waals surface area contributed by atoms with E-state index in [2.05, 4.69) is 23.5 Å². The van der Waals surface area contributed by atoms with Crippen LogP contribution in [0.25, 0.3) is 0 Å². The first-order valence-corrected chi connectivity index (χ1v) is 9.26. The number of halogens is 1. The molecule has 3 rings (SSSR count). The number of carbonyl (C=O) groups is 1. The van der Waals surface area contributed by atoms with Gasteiger partial charge in [0.1, 0.15) is 18.1 Å². The van der Waals surface area contributed by atoms with Gasteiger partial charge >= 0.3 is 0 Å². The second kappa shape index (κ2) is 9.34. The summed E-state index contributed by atoms with van der Waals surface area (Å²) in [5, 5.41) is 2.89. The molecular formula is C21H26FN2O2+. The van der Waals surface area contributed by atoms with Crippen molar-refractivity contribution in [2.24, 2.45) is 0 Å². The maximum absolute atomic E-state index is 13.1. The van der Waals surface area contributed by atoms with Crippen molar-refractivity contribution in [3.05, 3.63) is 65.5 Å². The Morgan fingerprint density at radius 3 is 2.58 bits per heavy atom. The average molecular weight is 357 g/mol. The Balaban J connectivity index is 1.50. The summed E-state index contributed by atoms with van der Waals surface area (Å²) in [6.07, 6.45) is 3.93. The third kappa shape index (κ3) is 5.56. The minimum absolute atomic E-state index is 0.122. The molecule has 1 aliphatic heterocycles. The van der Waals surface area contributed by atoms with Crippen molar-refractivity contribution in [2.75, 3.05) is 19.7 Å². The molecule has 138 valence electrons. The van der Waals surface area contributed by atoms with E-state index in [1.54, 1.807) is 17.0 Å². The summed E-state index contributed by atoms with van der Waals surface area (Å²) >= 11 is 0. The van der Waals surface area contributed by atoms with Crippen LogP contribution in [-0.4, -0.2) is 25.6 Å². The van der Waals surface area contributed by atoms with Gasteiger partial charge < -0.3 is 15.0 Å². The molecule has 0 radical (unpaired) electrons. The summed E-state index contributed by atoms with van der Waals surface area (Å²) in [6.45, 7) is 3.81. The molecule has 0 aliphatic carbocycles. The van der Waals surface area contributed by atoms with Crippen molar-refractivity contribution in [1.82, 2.24) is 5.32 Å². The van der Waals surface area contributed by atoms with Crippen molar-refractivity contribution >= 4 is 5.91 Å². The number of likely N-dealkylation sites (tertiary alicyclic amines) is 1. The molecule has 5 heteroatoms. The Kier molecular flexibility index (Phi) is 6.61. The molecule has 1 saturated heterocycles. The Hall–Kier alpha value is -2.40. The molecule has 0 unspecified atom stereocenters. The van der Waals surface area contributed by atoms with Crippen LogP contribution in [0.4, 0.5) is 4.39 Å². The molecule has 0 atom stereocenters. The number of benzene rings is 2. The van der Waals surface area contributed by atoms with E-state index < -0.39 is 0 Å². The van der Waals surface area contributed by atoms with Gasteiger partial charge in [0.05, 0.1) is 13.1 Å². The molecule has 1 fully saturated rings. The van der Waals surface area contributed by atoms with E-state index in [0.717, 1.165) is 12.1 Å². The van der Waals surface area contributed by atoms with Crippen molar-refractivity contribution in [2.45, 2.75) is 32.4 Å². The molecule has 2 N–H and O–H groups in total. The molecule has 0 saturated carbocycles. The zero-order valence-corrected chi connectivity index (χ0v) is 15.0. The van der Waals surface area contributed by atoms with Gasteiger partial charge in [-0.2, -0.15) is 0 Å². The van der Waals surface area contributed by atoms with E-state index in [-0.39, 0.29) is 18.3 Å². The van der Waals surface area contributed by atoms with Gasteiger partial charge in [0.2, 0.25) is 0 Å². The maximum Gasteiger partial charge on any atom is 0.258 e. The number of hydrogen-bond acceptors (Lipinski definition) is 2. The fraction of sp³-hybridized carbons (Fsp3) is 0.381. The predicted octanol–water partition coefficient (Wildman–Crippen LogP) is 2.09. The van der Waals surface area contributed by atoms with Crippen LogP contribution in [-0.2, 0) is 17.9 Å². The van der Waals surface area contributed by atoms with Gasteiger partial charge in [0.25, 0.3) is 5.91 Å². The van der Waals surface area contributed by atoms with Crippen molar-refractivity contribution in [1.29, 1.82) is 0 Å². The maximum atomic E-state index is 13.1. The van der Waals surface area contributed by atoms with Crippen LogP contribution in [0, 0.1) is 5.82 Å². The molecule has 0 spiro atoms. The van der Waals surface area contributed by atoms with Crippen LogP contribution in [0.1, 0.15) is 30.4 Å². The summed E-state index contributed by atoms with van der Waals surface area (Å²) in [5.74, 6) is -0.235. The smallest absolute Gasteiger partial charge is 0.258 e. The lowest BCUT2D eigenvalue weighted by molar-refractivity contribution is -0.918. The zero-order chi connectivity index (χ0) is 18.2. The number of ether oxygens (including phenoxy) is 1. The van der Waals surface area contributed by atoms with Crippen molar-refractivity contribution in [3.63, 3.8) is 0 Å².